The smallest absolute Gasteiger partial charge is 0.0112 e. The first kappa shape index (κ1) is 7.09. The molecule has 0 saturated carbocycles. The van der Waals surface area contributed by atoms with E-state index in [0.29, 0.717) is 0 Å². The van der Waals surface area contributed by atoms with E-state index in [9.17, 15) is 0 Å². The Morgan fingerprint density at radius 2 is 2.29 bits per heavy atom. The van der Waals surface area contributed by atoms with Crippen LogP contribution in [0.25, 0.3) is 0 Å². The van der Waals surface area contributed by atoms with Gasteiger partial charge >= 0.3 is 0 Å². The molecule has 0 heterocycles. The number of thiol groups is 1. The van der Waals surface area contributed by atoms with Gasteiger partial charge in [0.05, 0.1) is 0 Å². The van der Waals surface area contributed by atoms with Gasteiger partial charge in [0, 0.05) is 5.75 Å². The predicted octanol–water partition coefficient (Wildman–Crippen LogP) is 2.27. The predicted molar refractivity (Wildman–Crippen MR) is 37.9 cm³/mol. The minimum atomic E-state index is 0.910. The Morgan fingerprint density at radius 1 is 1.71 bits per heavy atom. The summed E-state index contributed by atoms with van der Waals surface area (Å²) in [7, 11) is 0. The van der Waals surface area contributed by atoms with Crippen molar-refractivity contribution in [2.45, 2.75) is 20.3 Å². The van der Waals surface area contributed by atoms with Crippen LogP contribution in [-0.4, -0.2) is 5.75 Å². The summed E-state index contributed by atoms with van der Waals surface area (Å²) in [6.45, 7) is 4.20. The molecule has 0 aromatic heterocycles. The Labute approximate surface area is 51.0 Å². The topological polar surface area (TPSA) is 0 Å². The molecule has 0 bridgehead atoms. The highest BCUT2D eigenvalue weighted by atomic mass is 32.1. The third-order valence-electron chi connectivity index (χ3n) is 1.07. The van der Waals surface area contributed by atoms with E-state index in [1.54, 1.807) is 0 Å². The summed E-state index contributed by atoms with van der Waals surface area (Å²) < 4.78 is 0. The van der Waals surface area contributed by atoms with Crippen molar-refractivity contribution in [1.82, 2.24) is 0 Å². The molecule has 0 amide bonds. The Bertz CT molecular complexity index is 58.6. The van der Waals surface area contributed by atoms with E-state index in [1.165, 1.54) is 5.57 Å². The fraction of sp³-hybridized carbons (Fsp3) is 0.667. The van der Waals surface area contributed by atoms with Crippen LogP contribution in [-0.2, 0) is 0 Å². The highest BCUT2D eigenvalue weighted by Crippen LogP contribution is 2.00. The maximum atomic E-state index is 4.11. The maximum Gasteiger partial charge on any atom is 0.0112 e. The van der Waals surface area contributed by atoms with Crippen molar-refractivity contribution in [3.05, 3.63) is 11.6 Å². The fourth-order valence-electron chi connectivity index (χ4n) is 0.407. The molecule has 0 aliphatic heterocycles. The molecule has 0 nitrogen and oxygen atoms in total. The van der Waals surface area contributed by atoms with Gasteiger partial charge in [-0.1, -0.05) is 18.6 Å². The molecule has 0 spiro atoms. The molecule has 0 rings (SSSR count). The second kappa shape index (κ2) is 4.25. The third kappa shape index (κ3) is 2.75. The molecule has 42 valence electrons. The van der Waals surface area contributed by atoms with Crippen molar-refractivity contribution in [3.63, 3.8) is 0 Å². The maximum absolute atomic E-state index is 4.11. The highest BCUT2D eigenvalue weighted by Gasteiger charge is 1.82. The lowest BCUT2D eigenvalue weighted by molar-refractivity contribution is 1.10. The molecular weight excluding hydrogens is 104 g/mol. The van der Waals surface area contributed by atoms with Crippen LogP contribution in [0.15, 0.2) is 11.6 Å². The zero-order valence-corrected chi connectivity index (χ0v) is 5.83. The summed E-state index contributed by atoms with van der Waals surface area (Å²) in [5.74, 6) is 0.910. The summed E-state index contributed by atoms with van der Waals surface area (Å²) in [5.41, 5.74) is 1.42. The molecule has 7 heavy (non-hydrogen) atoms. The van der Waals surface area contributed by atoms with Crippen LogP contribution in [0.1, 0.15) is 20.3 Å². The van der Waals surface area contributed by atoms with Crippen LogP contribution in [0.3, 0.4) is 0 Å². The average molecular weight is 116 g/mol. The largest absolute Gasteiger partial charge is 0.175 e. The second-order valence-electron chi connectivity index (χ2n) is 1.46. The zero-order valence-electron chi connectivity index (χ0n) is 4.94. The summed E-state index contributed by atoms with van der Waals surface area (Å²) in [6, 6.07) is 0. The Kier molecular flexibility index (Phi) is 4.31. The van der Waals surface area contributed by atoms with Crippen molar-refractivity contribution in [2.75, 3.05) is 5.75 Å². The van der Waals surface area contributed by atoms with Crippen molar-refractivity contribution < 1.29 is 0 Å². The standard InChI is InChI=1S/C6H12S/c1-3-6(4-2)5-7/h3,7H,4-5H2,1-2H3/b6-3+. The first-order valence-corrected chi connectivity index (χ1v) is 3.23. The fourth-order valence-corrected chi connectivity index (χ4v) is 0.813. The number of hydrogen-bond acceptors (Lipinski definition) is 1. The van der Waals surface area contributed by atoms with Gasteiger partial charge in [0.15, 0.2) is 0 Å². The molecule has 0 aliphatic carbocycles. The molecule has 0 unspecified atom stereocenters. The summed E-state index contributed by atoms with van der Waals surface area (Å²) in [4.78, 5) is 0. The molecular formula is C6H12S. The molecule has 0 saturated heterocycles. The Hall–Kier alpha value is 0.0900. The van der Waals surface area contributed by atoms with Crippen molar-refractivity contribution >= 4 is 12.6 Å². The Morgan fingerprint density at radius 3 is 2.29 bits per heavy atom. The highest BCUT2D eigenvalue weighted by molar-refractivity contribution is 7.80. The number of rotatable bonds is 2. The van der Waals surface area contributed by atoms with E-state index < -0.39 is 0 Å². The van der Waals surface area contributed by atoms with Gasteiger partial charge in [0.2, 0.25) is 0 Å². The first-order valence-electron chi connectivity index (χ1n) is 2.60. The molecule has 0 N–H and O–H groups in total. The van der Waals surface area contributed by atoms with Crippen LogP contribution in [0.4, 0.5) is 0 Å². The van der Waals surface area contributed by atoms with Gasteiger partial charge in [-0.2, -0.15) is 12.6 Å². The van der Waals surface area contributed by atoms with Gasteiger partial charge in [-0.15, -0.1) is 0 Å². The quantitative estimate of drug-likeness (QED) is 0.415. The second-order valence-corrected chi connectivity index (χ2v) is 1.77. The van der Waals surface area contributed by atoms with Crippen LogP contribution >= 0.6 is 12.6 Å². The van der Waals surface area contributed by atoms with Crippen molar-refractivity contribution in [1.29, 1.82) is 0 Å². The summed E-state index contributed by atoms with van der Waals surface area (Å²) in [6.07, 6.45) is 3.26. The van der Waals surface area contributed by atoms with Crippen molar-refractivity contribution in [2.24, 2.45) is 0 Å². The Balaban J connectivity index is 3.38. The lowest BCUT2D eigenvalue weighted by Crippen LogP contribution is -1.78. The SMILES string of the molecule is C/C=C(\CC)CS. The van der Waals surface area contributed by atoms with E-state index in [1.807, 2.05) is 0 Å². The summed E-state index contributed by atoms with van der Waals surface area (Å²) in [5, 5.41) is 0. The average Bonchev–Trinajstić information content (AvgIpc) is 1.72. The zero-order chi connectivity index (χ0) is 5.70. The molecule has 1 heteroatoms. The van der Waals surface area contributed by atoms with Gasteiger partial charge in [-0.05, 0) is 13.3 Å². The van der Waals surface area contributed by atoms with Crippen molar-refractivity contribution in [3.8, 4) is 0 Å². The van der Waals surface area contributed by atoms with Gasteiger partial charge in [-0.3, -0.25) is 0 Å². The minimum absolute atomic E-state index is 0.910. The molecule has 0 atom stereocenters. The van der Waals surface area contributed by atoms with E-state index >= 15 is 0 Å². The van der Waals surface area contributed by atoms with Crippen LogP contribution in [0.5, 0.6) is 0 Å². The van der Waals surface area contributed by atoms with E-state index in [2.05, 4.69) is 32.6 Å². The van der Waals surface area contributed by atoms with E-state index in [-0.39, 0.29) is 0 Å². The first-order chi connectivity index (χ1) is 3.35. The van der Waals surface area contributed by atoms with Gasteiger partial charge in [0.25, 0.3) is 0 Å². The monoisotopic (exact) mass is 116 g/mol. The van der Waals surface area contributed by atoms with Crippen LogP contribution in [0, 0.1) is 0 Å². The lowest BCUT2D eigenvalue weighted by Gasteiger charge is -1.92. The molecule has 0 aromatic rings. The van der Waals surface area contributed by atoms with E-state index in [0.717, 1.165) is 12.2 Å². The summed E-state index contributed by atoms with van der Waals surface area (Å²) >= 11 is 4.11. The normalized spacial score (nSPS) is 12.1. The number of allylic oxidation sites excluding steroid dienone is 1. The molecule has 0 aliphatic rings. The lowest BCUT2D eigenvalue weighted by atomic mass is 10.2. The molecule has 0 radical (unpaired) electrons. The van der Waals surface area contributed by atoms with Gasteiger partial charge < -0.3 is 0 Å². The molecule has 0 fully saturated rings. The molecule has 0 aromatic carbocycles. The van der Waals surface area contributed by atoms with Crippen LogP contribution < -0.4 is 0 Å². The minimum Gasteiger partial charge on any atom is -0.175 e. The third-order valence-corrected chi connectivity index (χ3v) is 1.47. The number of hydrogen-bond donors (Lipinski definition) is 1. The van der Waals surface area contributed by atoms with Gasteiger partial charge in [-0.25, -0.2) is 0 Å². The van der Waals surface area contributed by atoms with Crippen LogP contribution in [0.2, 0.25) is 0 Å². The van der Waals surface area contributed by atoms with E-state index in [4.69, 9.17) is 0 Å². The van der Waals surface area contributed by atoms with Gasteiger partial charge in [0.1, 0.15) is 0 Å².